The Labute approximate surface area is 206 Å². The summed E-state index contributed by atoms with van der Waals surface area (Å²) in [6, 6.07) is 11.2. The van der Waals surface area contributed by atoms with E-state index >= 15 is 0 Å². The van der Waals surface area contributed by atoms with Gasteiger partial charge >= 0.3 is 6.18 Å². The first kappa shape index (κ1) is 26.7. The molecule has 0 aromatic heterocycles. The van der Waals surface area contributed by atoms with Crippen molar-refractivity contribution in [2.45, 2.75) is 43.7 Å². The summed E-state index contributed by atoms with van der Waals surface area (Å²) in [5.74, 6) is 0. The van der Waals surface area contributed by atoms with Crippen molar-refractivity contribution in [1.29, 1.82) is 0 Å². The molecule has 0 aliphatic heterocycles. The zero-order valence-electron chi connectivity index (χ0n) is 18.1. The van der Waals surface area contributed by atoms with Crippen molar-refractivity contribution < 1.29 is 26.7 Å². The number of sulfonamides is 1. The zero-order chi connectivity index (χ0) is 25.3. The summed E-state index contributed by atoms with van der Waals surface area (Å²) in [5.41, 5.74) is 4.59. The molecule has 0 fully saturated rings. The highest BCUT2D eigenvalue weighted by Gasteiger charge is 2.45. The number of aliphatic hydroxyl groups is 1. The van der Waals surface area contributed by atoms with Gasteiger partial charge in [0, 0.05) is 24.7 Å². The van der Waals surface area contributed by atoms with Crippen molar-refractivity contribution in [3.8, 4) is 0 Å². The predicted octanol–water partition coefficient (Wildman–Crippen LogP) is 4.87. The number of allylic oxidation sites excluding steroid dienone is 2. The highest BCUT2D eigenvalue weighted by molar-refractivity contribution is 7.93. The van der Waals surface area contributed by atoms with Crippen molar-refractivity contribution >= 4 is 33.2 Å². The van der Waals surface area contributed by atoms with E-state index in [4.69, 9.17) is 28.9 Å². The van der Waals surface area contributed by atoms with Gasteiger partial charge in [0.15, 0.2) is 0 Å². The topological polar surface area (TPSA) is 83.6 Å². The van der Waals surface area contributed by atoms with Crippen LogP contribution < -0.4 is 5.73 Å². The third kappa shape index (κ3) is 5.84. The van der Waals surface area contributed by atoms with E-state index in [-0.39, 0.29) is 24.7 Å². The van der Waals surface area contributed by atoms with Crippen LogP contribution in [0.1, 0.15) is 29.2 Å². The largest absolute Gasteiger partial charge is 0.416 e. The highest BCUT2D eigenvalue weighted by atomic mass is 35.5. The molecule has 0 spiro atoms. The van der Waals surface area contributed by atoms with E-state index < -0.39 is 37.6 Å². The number of alkyl halides is 4. The van der Waals surface area contributed by atoms with Gasteiger partial charge in [-0.1, -0.05) is 48.0 Å². The number of rotatable bonds is 7. The fourth-order valence-corrected chi connectivity index (χ4v) is 6.04. The molecule has 0 saturated carbocycles. The van der Waals surface area contributed by atoms with Crippen LogP contribution in [0.2, 0.25) is 0 Å². The maximum Gasteiger partial charge on any atom is 0.416 e. The molecule has 2 aromatic rings. The molecule has 2 aromatic carbocycles. The minimum atomic E-state index is -4.52. The molecular formula is C23H23Cl2F3N2O3S. The second kappa shape index (κ2) is 10.0. The minimum Gasteiger partial charge on any atom is -0.383 e. The lowest BCUT2D eigenvalue weighted by Gasteiger charge is -2.35. The molecule has 34 heavy (non-hydrogen) atoms. The average molecular weight is 535 g/mol. The van der Waals surface area contributed by atoms with Gasteiger partial charge in [0.05, 0.1) is 15.8 Å². The lowest BCUT2D eigenvalue weighted by Crippen LogP contribution is -2.45. The number of nitrogens with zero attached hydrogens (tertiary/aromatic N) is 1. The fraction of sp³-hybridized carbons (Fsp3) is 0.304. The van der Waals surface area contributed by atoms with Crippen LogP contribution in [-0.2, 0) is 35.8 Å². The van der Waals surface area contributed by atoms with Crippen LogP contribution in [0.15, 0.2) is 70.6 Å². The van der Waals surface area contributed by atoms with Crippen molar-refractivity contribution in [3.63, 3.8) is 0 Å². The molecule has 184 valence electrons. The third-order valence-electron chi connectivity index (χ3n) is 5.45. The van der Waals surface area contributed by atoms with Gasteiger partial charge < -0.3 is 10.8 Å². The Morgan fingerprint density at radius 2 is 1.68 bits per heavy atom. The van der Waals surface area contributed by atoms with E-state index in [2.05, 4.69) is 0 Å². The third-order valence-corrected chi connectivity index (χ3v) is 8.27. The standard InChI is InChI=1S/C23H23Cl2F3N2O3S/c1-22(31)20(25)10-19(24)11-21(22)34(32,33)30(14-17-4-2-3-16(9-17)12-29)13-15-5-7-18(8-6-15)23(26,27)28/h2-11,20,31H,12-14,29H2,1H3. The van der Waals surface area contributed by atoms with E-state index in [0.717, 1.165) is 28.1 Å². The van der Waals surface area contributed by atoms with E-state index in [1.807, 2.05) is 0 Å². The monoisotopic (exact) mass is 534 g/mol. The van der Waals surface area contributed by atoms with Gasteiger partial charge in [0.2, 0.25) is 10.0 Å². The van der Waals surface area contributed by atoms with Crippen LogP contribution in [0, 0.1) is 0 Å². The molecule has 1 aliphatic carbocycles. The van der Waals surface area contributed by atoms with E-state index in [0.29, 0.717) is 11.1 Å². The van der Waals surface area contributed by atoms with Gasteiger partial charge in [-0.3, -0.25) is 0 Å². The van der Waals surface area contributed by atoms with Crippen LogP contribution in [0.5, 0.6) is 0 Å². The van der Waals surface area contributed by atoms with Crippen molar-refractivity contribution in [1.82, 2.24) is 4.31 Å². The van der Waals surface area contributed by atoms with Crippen LogP contribution in [0.25, 0.3) is 0 Å². The number of halogens is 5. The zero-order valence-corrected chi connectivity index (χ0v) is 20.4. The number of hydrogen-bond donors (Lipinski definition) is 2. The lowest BCUT2D eigenvalue weighted by molar-refractivity contribution is -0.137. The molecule has 2 unspecified atom stereocenters. The van der Waals surface area contributed by atoms with Gasteiger partial charge in [0.1, 0.15) is 5.60 Å². The predicted molar refractivity (Wildman–Crippen MR) is 126 cm³/mol. The van der Waals surface area contributed by atoms with E-state index in [9.17, 15) is 26.7 Å². The number of nitrogens with two attached hydrogens (primary N) is 1. The molecule has 3 N–H and O–H groups in total. The molecule has 5 nitrogen and oxygen atoms in total. The van der Waals surface area contributed by atoms with Gasteiger partial charge in [-0.15, -0.1) is 11.6 Å². The van der Waals surface area contributed by atoms with Crippen molar-refractivity contribution in [3.05, 3.63) is 92.9 Å². The Morgan fingerprint density at radius 3 is 2.26 bits per heavy atom. The number of hydrogen-bond acceptors (Lipinski definition) is 4. The van der Waals surface area contributed by atoms with Gasteiger partial charge in [-0.05, 0) is 47.9 Å². The molecule has 0 saturated heterocycles. The van der Waals surface area contributed by atoms with Crippen LogP contribution in [-0.4, -0.2) is 28.8 Å². The van der Waals surface area contributed by atoms with Crippen LogP contribution in [0.4, 0.5) is 13.2 Å². The molecule has 2 atom stereocenters. The molecule has 0 heterocycles. The molecule has 1 aliphatic rings. The van der Waals surface area contributed by atoms with Crippen LogP contribution in [0.3, 0.4) is 0 Å². The normalized spacial score (nSPS) is 21.4. The summed E-state index contributed by atoms with van der Waals surface area (Å²) in [6.45, 7) is 1.13. The average Bonchev–Trinajstić information content (AvgIpc) is 2.76. The highest BCUT2D eigenvalue weighted by Crippen LogP contribution is 2.38. The van der Waals surface area contributed by atoms with Crippen LogP contribution >= 0.6 is 23.2 Å². The summed E-state index contributed by atoms with van der Waals surface area (Å²) in [5, 5.41) is 9.83. The first-order valence-electron chi connectivity index (χ1n) is 10.1. The first-order chi connectivity index (χ1) is 15.7. The Hall–Kier alpha value is -1.88. The summed E-state index contributed by atoms with van der Waals surface area (Å²) in [6.07, 6.45) is -2.06. The second-order valence-electron chi connectivity index (χ2n) is 8.10. The molecule has 0 radical (unpaired) electrons. The molecule has 0 bridgehead atoms. The molecule has 3 rings (SSSR count). The maximum atomic E-state index is 13.7. The quantitative estimate of drug-likeness (QED) is 0.496. The second-order valence-corrected chi connectivity index (χ2v) is 10.9. The van der Waals surface area contributed by atoms with Gasteiger partial charge in [-0.2, -0.15) is 17.5 Å². The van der Waals surface area contributed by atoms with Crippen molar-refractivity contribution in [2.24, 2.45) is 5.73 Å². The maximum absolute atomic E-state index is 13.7. The molecule has 0 amide bonds. The lowest BCUT2D eigenvalue weighted by atomic mass is 9.97. The Morgan fingerprint density at radius 1 is 1.09 bits per heavy atom. The molecule has 11 heteroatoms. The van der Waals surface area contributed by atoms with Gasteiger partial charge in [0.25, 0.3) is 0 Å². The van der Waals surface area contributed by atoms with Crippen molar-refractivity contribution in [2.75, 3.05) is 0 Å². The summed E-state index contributed by atoms with van der Waals surface area (Å²) < 4.78 is 67.4. The summed E-state index contributed by atoms with van der Waals surface area (Å²) >= 11 is 12.2. The first-order valence-corrected chi connectivity index (χ1v) is 12.4. The molecular weight excluding hydrogens is 512 g/mol. The smallest absolute Gasteiger partial charge is 0.383 e. The van der Waals surface area contributed by atoms with E-state index in [1.54, 1.807) is 24.3 Å². The summed E-state index contributed by atoms with van der Waals surface area (Å²) in [7, 11) is -4.37. The Balaban J connectivity index is 2.04. The van der Waals surface area contributed by atoms with E-state index in [1.165, 1.54) is 25.1 Å². The van der Waals surface area contributed by atoms with Gasteiger partial charge in [-0.25, -0.2) is 8.42 Å². The number of benzene rings is 2. The fourth-order valence-electron chi connectivity index (χ4n) is 3.52. The Kier molecular flexibility index (Phi) is 7.86. The minimum absolute atomic E-state index is 0.0460. The Bertz CT molecular complexity index is 1210. The summed E-state index contributed by atoms with van der Waals surface area (Å²) in [4.78, 5) is -0.408. The SMILES string of the molecule is CC1(O)C(S(=O)(=O)N(Cc2ccc(C(F)(F)F)cc2)Cc2cccc(CN)c2)=CC(Cl)=CC1Cl.